The van der Waals surface area contributed by atoms with E-state index in [2.05, 4.69) is 5.32 Å². The van der Waals surface area contributed by atoms with Gasteiger partial charge in [0.2, 0.25) is 10.0 Å². The molecule has 1 N–H and O–H groups in total. The predicted molar refractivity (Wildman–Crippen MR) is 85.7 cm³/mol. The summed E-state index contributed by atoms with van der Waals surface area (Å²) in [7, 11) is -1.71. The lowest BCUT2D eigenvalue weighted by atomic mass is 10.1. The highest BCUT2D eigenvalue weighted by molar-refractivity contribution is 7.89. The molecule has 118 valence electrons. The molecule has 1 saturated carbocycles. The minimum absolute atomic E-state index is 0.0758. The van der Waals surface area contributed by atoms with E-state index in [4.69, 9.17) is 0 Å². The van der Waals surface area contributed by atoms with Gasteiger partial charge in [-0.2, -0.15) is 4.31 Å². The van der Waals surface area contributed by atoms with Gasteiger partial charge in [-0.15, -0.1) is 0 Å². The van der Waals surface area contributed by atoms with E-state index in [1.165, 1.54) is 0 Å². The normalized spacial score (nSPS) is 17.2. The fourth-order valence-electron chi connectivity index (χ4n) is 2.64. The van der Waals surface area contributed by atoms with Gasteiger partial charge in [0.15, 0.2) is 0 Å². The molecule has 0 aliphatic heterocycles. The van der Waals surface area contributed by atoms with Crippen molar-refractivity contribution in [3.63, 3.8) is 0 Å². The summed E-state index contributed by atoms with van der Waals surface area (Å²) in [6.45, 7) is 7.52. The van der Waals surface area contributed by atoms with E-state index >= 15 is 0 Å². The van der Waals surface area contributed by atoms with Gasteiger partial charge in [-0.25, -0.2) is 8.42 Å². The summed E-state index contributed by atoms with van der Waals surface area (Å²) in [6, 6.07) is 5.62. The second-order valence-electron chi connectivity index (χ2n) is 5.92. The first kappa shape index (κ1) is 16.5. The van der Waals surface area contributed by atoms with Crippen molar-refractivity contribution < 1.29 is 8.42 Å². The maximum absolute atomic E-state index is 12.9. The molecule has 1 aromatic rings. The Morgan fingerprint density at radius 2 is 2.05 bits per heavy atom. The van der Waals surface area contributed by atoms with Crippen LogP contribution in [0, 0.1) is 12.8 Å². The molecular formula is C16H26N2O2S. The van der Waals surface area contributed by atoms with Gasteiger partial charge in [0.25, 0.3) is 0 Å². The molecule has 0 spiro atoms. The van der Waals surface area contributed by atoms with Crippen molar-refractivity contribution in [1.82, 2.24) is 9.62 Å². The maximum atomic E-state index is 12.9. The van der Waals surface area contributed by atoms with Crippen LogP contribution in [-0.4, -0.2) is 32.4 Å². The van der Waals surface area contributed by atoms with Crippen LogP contribution in [0.5, 0.6) is 0 Å². The molecular weight excluding hydrogens is 284 g/mol. The standard InChI is InChI=1S/C16H26N2O2S/c1-5-17-11-15-7-6-8-16(12(15)2)21(19,20)18(4)13(3)14-9-10-14/h6-8,13-14,17H,5,9-11H2,1-4H3. The van der Waals surface area contributed by atoms with Crippen molar-refractivity contribution in [2.45, 2.75) is 51.1 Å². The first-order valence-electron chi connectivity index (χ1n) is 7.66. The van der Waals surface area contributed by atoms with Crippen LogP contribution in [-0.2, 0) is 16.6 Å². The second-order valence-corrected chi connectivity index (χ2v) is 7.89. The number of sulfonamides is 1. The molecule has 0 bridgehead atoms. The average Bonchev–Trinajstić information content (AvgIpc) is 3.29. The number of hydrogen-bond donors (Lipinski definition) is 1. The van der Waals surface area contributed by atoms with Crippen LogP contribution in [0.4, 0.5) is 0 Å². The SMILES string of the molecule is CCNCc1cccc(S(=O)(=O)N(C)C(C)C2CC2)c1C. The third-order valence-electron chi connectivity index (χ3n) is 4.50. The Morgan fingerprint density at radius 1 is 1.38 bits per heavy atom. The zero-order chi connectivity index (χ0) is 15.6. The molecule has 0 saturated heterocycles. The Morgan fingerprint density at radius 3 is 2.62 bits per heavy atom. The van der Waals surface area contributed by atoms with E-state index in [-0.39, 0.29) is 6.04 Å². The number of hydrogen-bond acceptors (Lipinski definition) is 3. The Kier molecular flexibility index (Phi) is 5.07. The summed E-state index contributed by atoms with van der Waals surface area (Å²) in [5.74, 6) is 0.523. The quantitative estimate of drug-likeness (QED) is 0.842. The number of nitrogens with zero attached hydrogens (tertiary/aromatic N) is 1. The minimum Gasteiger partial charge on any atom is -0.313 e. The highest BCUT2D eigenvalue weighted by Gasteiger charge is 2.36. The Hall–Kier alpha value is -0.910. The topological polar surface area (TPSA) is 49.4 Å². The molecule has 0 radical (unpaired) electrons. The van der Waals surface area contributed by atoms with Gasteiger partial charge in [-0.05, 0) is 56.3 Å². The van der Waals surface area contributed by atoms with E-state index in [0.717, 1.165) is 30.5 Å². The van der Waals surface area contributed by atoms with Crippen LogP contribution in [0.3, 0.4) is 0 Å². The summed E-state index contributed by atoms with van der Waals surface area (Å²) in [6.07, 6.45) is 2.28. The predicted octanol–water partition coefficient (Wildman–Crippen LogP) is 2.52. The lowest BCUT2D eigenvalue weighted by Crippen LogP contribution is -2.36. The summed E-state index contributed by atoms with van der Waals surface area (Å²) in [5, 5.41) is 3.26. The number of rotatable bonds is 7. The lowest BCUT2D eigenvalue weighted by molar-refractivity contribution is 0.357. The summed E-state index contributed by atoms with van der Waals surface area (Å²) < 4.78 is 27.3. The molecule has 2 rings (SSSR count). The van der Waals surface area contributed by atoms with Gasteiger partial charge in [-0.1, -0.05) is 19.1 Å². The zero-order valence-electron chi connectivity index (χ0n) is 13.4. The molecule has 1 aliphatic carbocycles. The Bertz CT molecular complexity index is 594. The zero-order valence-corrected chi connectivity index (χ0v) is 14.2. The van der Waals surface area contributed by atoms with Crippen molar-refractivity contribution in [1.29, 1.82) is 0 Å². The average molecular weight is 310 g/mol. The van der Waals surface area contributed by atoms with E-state index in [1.54, 1.807) is 17.4 Å². The van der Waals surface area contributed by atoms with Gasteiger partial charge < -0.3 is 5.32 Å². The lowest BCUT2D eigenvalue weighted by Gasteiger charge is -2.25. The molecule has 0 heterocycles. The highest BCUT2D eigenvalue weighted by Crippen LogP contribution is 2.36. The van der Waals surface area contributed by atoms with E-state index in [0.29, 0.717) is 17.4 Å². The molecule has 1 aromatic carbocycles. The molecule has 4 nitrogen and oxygen atoms in total. The van der Waals surface area contributed by atoms with Crippen LogP contribution in [0.15, 0.2) is 23.1 Å². The molecule has 0 aromatic heterocycles. The molecule has 1 fully saturated rings. The summed E-state index contributed by atoms with van der Waals surface area (Å²) >= 11 is 0. The summed E-state index contributed by atoms with van der Waals surface area (Å²) in [5.41, 5.74) is 1.90. The van der Waals surface area contributed by atoms with Gasteiger partial charge in [0.05, 0.1) is 4.90 Å². The van der Waals surface area contributed by atoms with Gasteiger partial charge in [0, 0.05) is 19.6 Å². The molecule has 0 amide bonds. The van der Waals surface area contributed by atoms with Crippen molar-refractivity contribution in [3.8, 4) is 0 Å². The Balaban J connectivity index is 2.30. The number of nitrogens with one attached hydrogen (secondary N) is 1. The minimum atomic E-state index is -3.42. The molecule has 1 atom stereocenters. The fourth-order valence-corrected chi connectivity index (χ4v) is 4.33. The monoisotopic (exact) mass is 310 g/mol. The third kappa shape index (κ3) is 3.47. The molecule has 5 heteroatoms. The largest absolute Gasteiger partial charge is 0.313 e. The molecule has 21 heavy (non-hydrogen) atoms. The Labute approximate surface area is 128 Å². The van der Waals surface area contributed by atoms with E-state index in [9.17, 15) is 8.42 Å². The molecule has 1 aliphatic rings. The maximum Gasteiger partial charge on any atom is 0.243 e. The van der Waals surface area contributed by atoms with Crippen LogP contribution < -0.4 is 5.32 Å². The van der Waals surface area contributed by atoms with Crippen molar-refractivity contribution in [2.24, 2.45) is 5.92 Å². The smallest absolute Gasteiger partial charge is 0.243 e. The van der Waals surface area contributed by atoms with Crippen LogP contribution in [0.25, 0.3) is 0 Å². The first-order valence-corrected chi connectivity index (χ1v) is 9.10. The van der Waals surface area contributed by atoms with Crippen molar-refractivity contribution in [3.05, 3.63) is 29.3 Å². The molecule has 1 unspecified atom stereocenters. The van der Waals surface area contributed by atoms with Crippen molar-refractivity contribution in [2.75, 3.05) is 13.6 Å². The first-order chi connectivity index (χ1) is 9.89. The second kappa shape index (κ2) is 6.46. The third-order valence-corrected chi connectivity index (χ3v) is 6.59. The van der Waals surface area contributed by atoms with Crippen molar-refractivity contribution >= 4 is 10.0 Å². The van der Waals surface area contributed by atoms with Gasteiger partial charge in [0.1, 0.15) is 0 Å². The van der Waals surface area contributed by atoms with Gasteiger partial charge in [-0.3, -0.25) is 0 Å². The summed E-state index contributed by atoms with van der Waals surface area (Å²) in [4.78, 5) is 0.438. The van der Waals surface area contributed by atoms with Crippen LogP contribution in [0.2, 0.25) is 0 Å². The highest BCUT2D eigenvalue weighted by atomic mass is 32.2. The van der Waals surface area contributed by atoms with E-state index < -0.39 is 10.0 Å². The fraction of sp³-hybridized carbons (Fsp3) is 0.625. The van der Waals surface area contributed by atoms with Crippen LogP contribution in [0.1, 0.15) is 37.8 Å². The van der Waals surface area contributed by atoms with E-state index in [1.807, 2.05) is 32.9 Å². The van der Waals surface area contributed by atoms with Gasteiger partial charge >= 0.3 is 0 Å². The van der Waals surface area contributed by atoms with Crippen LogP contribution >= 0.6 is 0 Å². The number of benzene rings is 1.